The van der Waals surface area contributed by atoms with Gasteiger partial charge in [0.2, 0.25) is 0 Å². The third-order valence-corrected chi connectivity index (χ3v) is 4.40. The quantitative estimate of drug-likeness (QED) is 0.515. The first-order valence-electron chi connectivity index (χ1n) is 9.62. The summed E-state index contributed by atoms with van der Waals surface area (Å²) in [6.45, 7) is 3.83. The van der Waals surface area contributed by atoms with Gasteiger partial charge in [-0.05, 0) is 19.4 Å². The maximum Gasteiger partial charge on any atom is 0.360 e. The van der Waals surface area contributed by atoms with E-state index in [-0.39, 0.29) is 11.3 Å². The van der Waals surface area contributed by atoms with Gasteiger partial charge in [0.05, 0.1) is 5.39 Å². The fourth-order valence-electron chi connectivity index (χ4n) is 2.77. The first-order valence-corrected chi connectivity index (χ1v) is 9.62. The first-order chi connectivity index (χ1) is 13.9. The lowest BCUT2D eigenvalue weighted by Gasteiger charge is -2.14. The number of aromatic nitrogens is 2. The fourth-order valence-corrected chi connectivity index (χ4v) is 2.77. The summed E-state index contributed by atoms with van der Waals surface area (Å²) in [5.74, 6) is -1.61. The molecule has 2 aromatic rings. The van der Waals surface area contributed by atoms with E-state index in [1.807, 2.05) is 5.32 Å². The summed E-state index contributed by atoms with van der Waals surface area (Å²) < 4.78 is 6.45. The molecular weight excluding hydrogens is 376 g/mol. The van der Waals surface area contributed by atoms with Gasteiger partial charge in [0.1, 0.15) is 0 Å². The monoisotopic (exact) mass is 402 g/mol. The molecule has 0 radical (unpaired) electrons. The molecule has 1 aromatic heterocycles. The summed E-state index contributed by atoms with van der Waals surface area (Å²) in [5.41, 5.74) is -0.325. The maximum absolute atomic E-state index is 12.7. The number of urea groups is 1. The van der Waals surface area contributed by atoms with E-state index in [0.29, 0.717) is 17.3 Å². The summed E-state index contributed by atoms with van der Waals surface area (Å²) in [6.07, 6.45) is 2.61. The zero-order valence-electron chi connectivity index (χ0n) is 16.9. The van der Waals surface area contributed by atoms with Crippen LogP contribution in [0, 0.1) is 0 Å². The molecule has 0 aliphatic rings. The molecule has 0 aliphatic heterocycles. The number of benzene rings is 1. The van der Waals surface area contributed by atoms with E-state index in [0.717, 1.165) is 25.7 Å². The third-order valence-electron chi connectivity index (χ3n) is 4.40. The molecule has 0 spiro atoms. The predicted octanol–water partition coefficient (Wildman–Crippen LogP) is 1.98. The van der Waals surface area contributed by atoms with E-state index in [9.17, 15) is 19.2 Å². The van der Waals surface area contributed by atoms with Crippen LogP contribution in [0.1, 0.15) is 50.0 Å². The van der Waals surface area contributed by atoms with Crippen LogP contribution >= 0.6 is 0 Å². The second-order valence-corrected chi connectivity index (χ2v) is 6.60. The van der Waals surface area contributed by atoms with Gasteiger partial charge in [0.25, 0.3) is 11.5 Å². The molecule has 156 valence electrons. The van der Waals surface area contributed by atoms with Crippen molar-refractivity contribution in [3.05, 3.63) is 40.3 Å². The molecule has 1 aromatic carbocycles. The molecule has 0 bridgehead atoms. The highest BCUT2D eigenvalue weighted by Crippen LogP contribution is 2.15. The molecule has 0 fully saturated rings. The van der Waals surface area contributed by atoms with Crippen LogP contribution < -0.4 is 16.2 Å². The third kappa shape index (κ3) is 5.63. The lowest BCUT2D eigenvalue weighted by molar-refractivity contribution is -0.127. The molecule has 2 rings (SSSR count). The highest BCUT2D eigenvalue weighted by Gasteiger charge is 2.24. The normalized spacial score (nSPS) is 11.7. The van der Waals surface area contributed by atoms with Crippen LogP contribution in [0.3, 0.4) is 0 Å². The van der Waals surface area contributed by atoms with Crippen LogP contribution in [0.2, 0.25) is 0 Å². The number of hydrogen-bond acceptors (Lipinski definition) is 6. The van der Waals surface area contributed by atoms with Crippen molar-refractivity contribution in [2.75, 3.05) is 7.05 Å². The summed E-state index contributed by atoms with van der Waals surface area (Å²) in [4.78, 5) is 48.6. The molecule has 0 saturated heterocycles. The molecule has 9 nitrogen and oxygen atoms in total. The lowest BCUT2D eigenvalue weighted by atomic mass is 10.1. The van der Waals surface area contributed by atoms with Crippen molar-refractivity contribution < 1.29 is 19.1 Å². The van der Waals surface area contributed by atoms with Gasteiger partial charge < -0.3 is 10.1 Å². The van der Waals surface area contributed by atoms with Gasteiger partial charge in [-0.15, -0.1) is 0 Å². The Morgan fingerprint density at radius 3 is 2.48 bits per heavy atom. The van der Waals surface area contributed by atoms with Gasteiger partial charge in [-0.2, -0.15) is 5.10 Å². The molecule has 3 amide bonds. The highest BCUT2D eigenvalue weighted by atomic mass is 16.5. The Hall–Kier alpha value is -3.23. The van der Waals surface area contributed by atoms with Crippen LogP contribution in [-0.4, -0.2) is 40.8 Å². The Kier molecular flexibility index (Phi) is 7.88. The number of amides is 3. The smallest absolute Gasteiger partial charge is 0.360 e. The molecule has 1 atom stereocenters. The number of carbonyl (C=O) groups is 3. The van der Waals surface area contributed by atoms with Gasteiger partial charge in [-0.25, -0.2) is 14.3 Å². The van der Waals surface area contributed by atoms with Crippen molar-refractivity contribution in [1.82, 2.24) is 20.4 Å². The molecule has 0 aliphatic carbocycles. The summed E-state index contributed by atoms with van der Waals surface area (Å²) in [6, 6.07) is 5.92. The molecule has 0 saturated carbocycles. The van der Waals surface area contributed by atoms with Crippen LogP contribution in [0.25, 0.3) is 10.8 Å². The minimum Gasteiger partial charge on any atom is -0.448 e. The standard InChI is InChI=1S/C20H26N4O5/c1-4-5-6-9-12-24-18(26)15-11-8-7-10-14(15)16(23-24)19(27)29-13(2)17(25)22-20(28)21-3/h7-8,10-11,13H,4-6,9,12H2,1-3H3,(H2,21,22,25,28)/t13-/m0/s1. The van der Waals surface area contributed by atoms with Crippen LogP contribution in [0.15, 0.2) is 29.1 Å². The minimum absolute atomic E-state index is 0.0460. The van der Waals surface area contributed by atoms with Crippen molar-refractivity contribution >= 4 is 28.7 Å². The Morgan fingerprint density at radius 2 is 1.83 bits per heavy atom. The number of unbranched alkanes of at least 4 members (excludes halogenated alkanes) is 3. The van der Waals surface area contributed by atoms with Crippen molar-refractivity contribution in [3.8, 4) is 0 Å². The van der Waals surface area contributed by atoms with E-state index >= 15 is 0 Å². The molecule has 2 N–H and O–H groups in total. The van der Waals surface area contributed by atoms with Crippen molar-refractivity contribution in [3.63, 3.8) is 0 Å². The van der Waals surface area contributed by atoms with Crippen molar-refractivity contribution in [2.24, 2.45) is 0 Å². The zero-order valence-corrected chi connectivity index (χ0v) is 16.9. The number of hydrogen-bond donors (Lipinski definition) is 2. The van der Waals surface area contributed by atoms with Gasteiger partial charge in [-0.3, -0.25) is 14.9 Å². The van der Waals surface area contributed by atoms with E-state index < -0.39 is 24.0 Å². The summed E-state index contributed by atoms with van der Waals surface area (Å²) in [7, 11) is 1.36. The topological polar surface area (TPSA) is 119 Å². The fraction of sp³-hybridized carbons (Fsp3) is 0.450. The number of imide groups is 1. The number of fused-ring (bicyclic) bond motifs is 1. The van der Waals surface area contributed by atoms with Crippen LogP contribution in [0.4, 0.5) is 4.79 Å². The Bertz CT molecular complexity index is 954. The molecule has 0 unspecified atom stereocenters. The number of aryl methyl sites for hydroxylation is 1. The number of ether oxygens (including phenoxy) is 1. The largest absolute Gasteiger partial charge is 0.448 e. The first kappa shape index (κ1) is 22.1. The Morgan fingerprint density at radius 1 is 1.14 bits per heavy atom. The molecule has 9 heteroatoms. The molecule has 1 heterocycles. The number of rotatable bonds is 8. The average Bonchev–Trinajstić information content (AvgIpc) is 2.72. The van der Waals surface area contributed by atoms with E-state index in [2.05, 4.69) is 17.3 Å². The second kappa shape index (κ2) is 10.4. The van der Waals surface area contributed by atoms with E-state index in [4.69, 9.17) is 4.74 Å². The highest BCUT2D eigenvalue weighted by molar-refractivity contribution is 6.03. The summed E-state index contributed by atoms with van der Waals surface area (Å²) >= 11 is 0. The van der Waals surface area contributed by atoms with Crippen molar-refractivity contribution in [2.45, 2.75) is 52.2 Å². The van der Waals surface area contributed by atoms with Gasteiger partial charge in [0, 0.05) is 19.0 Å². The predicted molar refractivity (Wildman–Crippen MR) is 108 cm³/mol. The maximum atomic E-state index is 12.7. The number of esters is 1. The number of nitrogens with zero attached hydrogens (tertiary/aromatic N) is 2. The Labute approximate surface area is 168 Å². The van der Waals surface area contributed by atoms with Crippen LogP contribution in [0.5, 0.6) is 0 Å². The minimum atomic E-state index is -1.22. The summed E-state index contributed by atoms with van der Waals surface area (Å²) in [5, 5.41) is 9.20. The second-order valence-electron chi connectivity index (χ2n) is 6.60. The molecular formula is C20H26N4O5. The van der Waals surface area contributed by atoms with Crippen LogP contribution in [-0.2, 0) is 16.1 Å². The SMILES string of the molecule is CCCCCCn1nc(C(=O)O[C@@H](C)C(=O)NC(=O)NC)c2ccccc2c1=O. The lowest BCUT2D eigenvalue weighted by Crippen LogP contribution is -2.43. The number of carbonyl (C=O) groups excluding carboxylic acids is 3. The van der Waals surface area contributed by atoms with E-state index in [1.165, 1.54) is 18.7 Å². The zero-order chi connectivity index (χ0) is 21.4. The van der Waals surface area contributed by atoms with Crippen molar-refractivity contribution in [1.29, 1.82) is 0 Å². The molecule has 29 heavy (non-hydrogen) atoms. The average molecular weight is 402 g/mol. The van der Waals surface area contributed by atoms with Gasteiger partial charge in [-0.1, -0.05) is 44.4 Å². The van der Waals surface area contributed by atoms with E-state index in [1.54, 1.807) is 24.3 Å². The number of nitrogens with one attached hydrogen (secondary N) is 2. The van der Waals surface area contributed by atoms with Gasteiger partial charge >= 0.3 is 12.0 Å². The Balaban J connectivity index is 2.29. The van der Waals surface area contributed by atoms with Gasteiger partial charge in [0.15, 0.2) is 11.8 Å².